The number of quaternary nitrogens is 1. The first-order valence-corrected chi connectivity index (χ1v) is 4.15. The summed E-state index contributed by atoms with van der Waals surface area (Å²) in [5, 5.41) is 9.85. The summed E-state index contributed by atoms with van der Waals surface area (Å²) in [5.74, 6) is 0. The van der Waals surface area contributed by atoms with Crippen LogP contribution in [0, 0.1) is 0 Å². The van der Waals surface area contributed by atoms with E-state index >= 15 is 0 Å². The van der Waals surface area contributed by atoms with Crippen molar-refractivity contribution in [3.8, 4) is 0 Å². The lowest BCUT2D eigenvalue weighted by Crippen LogP contribution is -2.34. The van der Waals surface area contributed by atoms with Crippen LogP contribution in [0.15, 0.2) is 47.7 Å². The average molecular weight is 175 g/mol. The Morgan fingerprint density at radius 2 is 2.00 bits per heavy atom. The van der Waals surface area contributed by atoms with Crippen LogP contribution in [0.2, 0.25) is 0 Å². The molecule has 0 aromatic heterocycles. The Morgan fingerprint density at radius 3 is 2.62 bits per heavy atom. The van der Waals surface area contributed by atoms with Gasteiger partial charge in [0.05, 0.1) is 6.20 Å². The van der Waals surface area contributed by atoms with Gasteiger partial charge < -0.3 is 0 Å². The van der Waals surface area contributed by atoms with Crippen LogP contribution < -0.4 is 0 Å². The first kappa shape index (κ1) is 8.16. The van der Waals surface area contributed by atoms with E-state index in [-0.39, 0.29) is 4.65 Å². The monoisotopic (exact) mass is 175 g/mol. The van der Waals surface area contributed by atoms with Gasteiger partial charge in [0.2, 0.25) is 6.34 Å². The summed E-state index contributed by atoms with van der Waals surface area (Å²) in [4.78, 5) is 3.85. The standard InChI is InChI=1S/C10H11N2O/c13-12(7-6-11-9-12)8-10-4-2-1-3-5-10/h1-7,9,13H,8H2/q+1. The lowest BCUT2D eigenvalue weighted by Gasteiger charge is -2.16. The second-order valence-corrected chi connectivity index (χ2v) is 3.09. The van der Waals surface area contributed by atoms with Crippen LogP contribution in [0.5, 0.6) is 0 Å². The maximum atomic E-state index is 9.85. The van der Waals surface area contributed by atoms with E-state index in [2.05, 4.69) is 4.99 Å². The lowest BCUT2D eigenvalue weighted by atomic mass is 10.2. The number of benzene rings is 1. The Hall–Kier alpha value is -1.45. The second-order valence-electron chi connectivity index (χ2n) is 3.09. The molecule has 0 bridgehead atoms. The second kappa shape index (κ2) is 3.12. The lowest BCUT2D eigenvalue weighted by molar-refractivity contribution is -0.993. The van der Waals surface area contributed by atoms with Gasteiger partial charge in [0.1, 0.15) is 6.54 Å². The highest BCUT2D eigenvalue weighted by atomic mass is 16.5. The van der Waals surface area contributed by atoms with Gasteiger partial charge in [-0.15, -0.1) is 4.65 Å². The Balaban J connectivity index is 2.15. The fraction of sp³-hybridized carbons (Fsp3) is 0.100. The van der Waals surface area contributed by atoms with Crippen molar-refractivity contribution >= 4 is 6.34 Å². The molecular weight excluding hydrogens is 164 g/mol. The molecular formula is C10H11N2O+. The van der Waals surface area contributed by atoms with E-state index in [0.717, 1.165) is 5.56 Å². The van der Waals surface area contributed by atoms with Crippen molar-refractivity contribution in [3.63, 3.8) is 0 Å². The number of hydroxylamine groups is 3. The molecule has 1 atom stereocenters. The highest BCUT2D eigenvalue weighted by Crippen LogP contribution is 2.13. The fourth-order valence-electron chi connectivity index (χ4n) is 1.32. The van der Waals surface area contributed by atoms with Crippen LogP contribution in [0.1, 0.15) is 5.56 Å². The molecule has 3 nitrogen and oxygen atoms in total. The SMILES string of the molecule is O[N+]1(Cc2ccccc2)C=CN=C1. The quantitative estimate of drug-likeness (QED) is 0.684. The minimum atomic E-state index is -0.232. The van der Waals surface area contributed by atoms with Crippen molar-refractivity contribution in [1.82, 2.24) is 0 Å². The molecule has 1 N–H and O–H groups in total. The zero-order valence-corrected chi connectivity index (χ0v) is 7.17. The summed E-state index contributed by atoms with van der Waals surface area (Å²) in [6.07, 6.45) is 4.75. The van der Waals surface area contributed by atoms with Crippen LogP contribution in [-0.2, 0) is 6.54 Å². The molecule has 0 saturated carbocycles. The van der Waals surface area contributed by atoms with Gasteiger partial charge in [-0.05, 0) is 0 Å². The van der Waals surface area contributed by atoms with Crippen molar-refractivity contribution in [2.24, 2.45) is 4.99 Å². The van der Waals surface area contributed by atoms with E-state index in [9.17, 15) is 5.21 Å². The van der Waals surface area contributed by atoms with Crippen molar-refractivity contribution in [3.05, 3.63) is 48.3 Å². The molecule has 1 aliphatic rings. The number of aliphatic imine (C=N–C) groups is 1. The Bertz CT molecular complexity index is 331. The predicted molar refractivity (Wildman–Crippen MR) is 49.8 cm³/mol. The molecule has 0 radical (unpaired) electrons. The molecule has 1 unspecified atom stereocenters. The number of hydrogen-bond acceptors (Lipinski definition) is 2. The van der Waals surface area contributed by atoms with Gasteiger partial charge in [-0.3, -0.25) is 0 Å². The molecule has 1 aromatic rings. The van der Waals surface area contributed by atoms with Gasteiger partial charge in [0.15, 0.2) is 6.20 Å². The maximum absolute atomic E-state index is 9.85. The fourth-order valence-corrected chi connectivity index (χ4v) is 1.32. The highest BCUT2D eigenvalue weighted by molar-refractivity contribution is 5.49. The van der Waals surface area contributed by atoms with Crippen LogP contribution >= 0.6 is 0 Å². The van der Waals surface area contributed by atoms with Crippen LogP contribution in [0.25, 0.3) is 0 Å². The van der Waals surface area contributed by atoms with Crippen molar-refractivity contribution in [2.75, 3.05) is 0 Å². The largest absolute Gasteiger partial charge is 0.228 e. The first-order chi connectivity index (χ1) is 6.29. The summed E-state index contributed by atoms with van der Waals surface area (Å²) >= 11 is 0. The number of nitrogens with zero attached hydrogens (tertiary/aromatic N) is 2. The zero-order valence-electron chi connectivity index (χ0n) is 7.17. The third-order valence-electron chi connectivity index (χ3n) is 1.96. The van der Waals surface area contributed by atoms with Gasteiger partial charge in [-0.1, -0.05) is 30.3 Å². The van der Waals surface area contributed by atoms with E-state index in [1.54, 1.807) is 12.4 Å². The summed E-state index contributed by atoms with van der Waals surface area (Å²) in [6, 6.07) is 9.84. The Morgan fingerprint density at radius 1 is 1.23 bits per heavy atom. The summed E-state index contributed by atoms with van der Waals surface area (Å²) in [6.45, 7) is 0.529. The molecule has 0 aliphatic carbocycles. The van der Waals surface area contributed by atoms with E-state index in [1.807, 2.05) is 30.3 Å². The molecule has 0 saturated heterocycles. The molecule has 3 heteroatoms. The smallest absolute Gasteiger partial charge is 0.205 e. The zero-order chi connectivity index (χ0) is 9.15. The van der Waals surface area contributed by atoms with Gasteiger partial charge in [-0.2, -0.15) is 0 Å². The number of rotatable bonds is 2. The molecule has 0 fully saturated rings. The summed E-state index contributed by atoms with van der Waals surface area (Å²) in [7, 11) is 0. The molecule has 1 heterocycles. The number of hydrogen-bond donors (Lipinski definition) is 1. The molecule has 1 aliphatic heterocycles. The summed E-state index contributed by atoms with van der Waals surface area (Å²) < 4.78 is -0.232. The minimum absolute atomic E-state index is 0.232. The first-order valence-electron chi connectivity index (χ1n) is 4.15. The van der Waals surface area contributed by atoms with Gasteiger partial charge in [0.25, 0.3) is 0 Å². The van der Waals surface area contributed by atoms with Crippen LogP contribution in [-0.4, -0.2) is 16.2 Å². The maximum Gasteiger partial charge on any atom is 0.228 e. The molecule has 66 valence electrons. The molecule has 0 spiro atoms. The van der Waals surface area contributed by atoms with Crippen LogP contribution in [0.4, 0.5) is 0 Å². The molecule has 1 aromatic carbocycles. The van der Waals surface area contributed by atoms with Gasteiger partial charge in [-0.25, -0.2) is 10.2 Å². The predicted octanol–water partition coefficient (Wildman–Crippen LogP) is 1.91. The Labute approximate surface area is 76.8 Å². The van der Waals surface area contributed by atoms with E-state index in [1.165, 1.54) is 6.34 Å². The minimum Gasteiger partial charge on any atom is -0.205 e. The van der Waals surface area contributed by atoms with Gasteiger partial charge >= 0.3 is 0 Å². The third kappa shape index (κ3) is 1.83. The van der Waals surface area contributed by atoms with Crippen molar-refractivity contribution in [2.45, 2.75) is 6.54 Å². The van der Waals surface area contributed by atoms with Crippen molar-refractivity contribution < 1.29 is 9.85 Å². The normalized spacial score (nSPS) is 25.3. The molecule has 0 amide bonds. The third-order valence-corrected chi connectivity index (χ3v) is 1.96. The topological polar surface area (TPSA) is 32.6 Å². The van der Waals surface area contributed by atoms with E-state index in [4.69, 9.17) is 0 Å². The highest BCUT2D eigenvalue weighted by Gasteiger charge is 2.23. The van der Waals surface area contributed by atoms with Crippen molar-refractivity contribution in [1.29, 1.82) is 0 Å². The molecule has 13 heavy (non-hydrogen) atoms. The van der Waals surface area contributed by atoms with Crippen LogP contribution in [0.3, 0.4) is 0 Å². The van der Waals surface area contributed by atoms with Gasteiger partial charge in [0, 0.05) is 5.56 Å². The summed E-state index contributed by atoms with van der Waals surface area (Å²) in [5.41, 5.74) is 1.09. The average Bonchev–Trinajstić information content (AvgIpc) is 2.54. The Kier molecular flexibility index (Phi) is 1.96. The van der Waals surface area contributed by atoms with E-state index in [0.29, 0.717) is 6.54 Å². The van der Waals surface area contributed by atoms with E-state index < -0.39 is 0 Å². The molecule has 2 rings (SSSR count).